The lowest BCUT2D eigenvalue weighted by atomic mass is 9.73. The number of hydrogen-bond acceptors (Lipinski definition) is 6. The Morgan fingerprint density at radius 3 is 1.66 bits per heavy atom. The SMILES string of the molecule is O=C(O)[C@](O)(C(=O)c1ccccc1)[C@](O)(C(=O)O)C(=O)c1ccc(Cl)c(Cl)c1Cl. The van der Waals surface area contributed by atoms with E-state index < -0.39 is 50.9 Å². The van der Waals surface area contributed by atoms with Gasteiger partial charge in [0.25, 0.3) is 11.2 Å². The molecule has 2 aromatic rings. The zero-order valence-corrected chi connectivity index (χ0v) is 16.4. The number of hydrogen-bond donors (Lipinski definition) is 4. The summed E-state index contributed by atoms with van der Waals surface area (Å²) in [6.45, 7) is 0. The lowest BCUT2D eigenvalue weighted by Gasteiger charge is -2.34. The molecule has 152 valence electrons. The number of rotatable bonds is 7. The summed E-state index contributed by atoms with van der Waals surface area (Å²) in [7, 11) is 0. The average molecular weight is 462 g/mol. The van der Waals surface area contributed by atoms with Crippen molar-refractivity contribution >= 4 is 58.3 Å². The van der Waals surface area contributed by atoms with Gasteiger partial charge >= 0.3 is 11.9 Å². The summed E-state index contributed by atoms with van der Waals surface area (Å²) in [5, 5.41) is 39.2. The average Bonchev–Trinajstić information content (AvgIpc) is 2.70. The first-order valence-corrected chi connectivity index (χ1v) is 8.73. The quantitative estimate of drug-likeness (QED) is 0.279. The topological polar surface area (TPSA) is 149 Å². The van der Waals surface area contributed by atoms with Gasteiger partial charge < -0.3 is 20.4 Å². The van der Waals surface area contributed by atoms with E-state index >= 15 is 0 Å². The summed E-state index contributed by atoms with van der Waals surface area (Å²) < 4.78 is 0. The molecule has 0 unspecified atom stereocenters. The molecule has 2 atom stereocenters. The van der Waals surface area contributed by atoms with Gasteiger partial charge in [0.1, 0.15) is 0 Å². The van der Waals surface area contributed by atoms with Crippen LogP contribution in [0.15, 0.2) is 42.5 Å². The van der Waals surface area contributed by atoms with Crippen LogP contribution in [-0.2, 0) is 9.59 Å². The van der Waals surface area contributed by atoms with Crippen molar-refractivity contribution in [2.45, 2.75) is 11.2 Å². The maximum Gasteiger partial charge on any atom is 0.348 e. The molecule has 0 amide bonds. The molecule has 0 aromatic heterocycles. The Bertz CT molecular complexity index is 1020. The maximum atomic E-state index is 12.9. The van der Waals surface area contributed by atoms with Crippen LogP contribution in [0.5, 0.6) is 0 Å². The molecule has 0 bridgehead atoms. The summed E-state index contributed by atoms with van der Waals surface area (Å²) in [5.41, 5.74) is -9.50. The molecule has 0 fully saturated rings. The van der Waals surface area contributed by atoms with Crippen molar-refractivity contribution in [3.05, 3.63) is 68.7 Å². The number of halogens is 3. The summed E-state index contributed by atoms with van der Waals surface area (Å²) in [5.74, 6) is -8.60. The lowest BCUT2D eigenvalue weighted by Crippen LogP contribution is -2.71. The Morgan fingerprint density at radius 1 is 0.690 bits per heavy atom. The number of aliphatic carboxylic acids is 2. The molecule has 2 aromatic carbocycles. The molecule has 0 aliphatic carbocycles. The van der Waals surface area contributed by atoms with E-state index in [0.717, 1.165) is 24.3 Å². The van der Waals surface area contributed by atoms with Gasteiger partial charge in [0.2, 0.25) is 11.6 Å². The molecule has 2 rings (SSSR count). The second-order valence-corrected chi connectivity index (χ2v) is 6.94. The number of aliphatic hydroxyl groups is 2. The first kappa shape index (κ1) is 22.8. The highest BCUT2D eigenvalue weighted by atomic mass is 35.5. The smallest absolute Gasteiger partial charge is 0.348 e. The van der Waals surface area contributed by atoms with E-state index in [-0.39, 0.29) is 10.0 Å². The van der Waals surface area contributed by atoms with Crippen LogP contribution >= 0.6 is 34.8 Å². The van der Waals surface area contributed by atoms with E-state index in [2.05, 4.69) is 0 Å². The van der Waals surface area contributed by atoms with Gasteiger partial charge in [-0.2, -0.15) is 0 Å². The zero-order chi connectivity index (χ0) is 22.1. The second-order valence-electron chi connectivity index (χ2n) is 5.78. The van der Waals surface area contributed by atoms with Crippen molar-refractivity contribution in [2.24, 2.45) is 0 Å². The molecular formula is C18H11Cl3O8. The number of carbonyl (C=O) groups excluding carboxylic acids is 2. The third kappa shape index (κ3) is 3.50. The number of Topliss-reactive ketones (excluding diaryl/α,β-unsaturated/α-hetero) is 2. The summed E-state index contributed by atoms with van der Waals surface area (Å²) >= 11 is 17.4. The van der Waals surface area contributed by atoms with Gasteiger partial charge in [0, 0.05) is 11.1 Å². The number of carboxylic acids is 2. The standard InChI is InChI=1S/C18H11Cl3O8/c19-10-7-6-9(11(20)12(10)21)14(23)18(29,16(26)27)17(28,15(24)25)13(22)8-4-2-1-3-5-8/h1-7,28-29H,(H,24,25)(H,26,27)/t17-,18-/m1/s1. The van der Waals surface area contributed by atoms with E-state index in [1.807, 2.05) is 0 Å². The van der Waals surface area contributed by atoms with Crippen molar-refractivity contribution in [3.8, 4) is 0 Å². The van der Waals surface area contributed by atoms with Gasteiger partial charge in [0.05, 0.1) is 15.1 Å². The Balaban J connectivity index is 2.78. The van der Waals surface area contributed by atoms with E-state index in [9.17, 15) is 39.6 Å². The highest BCUT2D eigenvalue weighted by molar-refractivity contribution is 6.49. The first-order chi connectivity index (χ1) is 13.4. The molecule has 8 nitrogen and oxygen atoms in total. The van der Waals surface area contributed by atoms with Crippen molar-refractivity contribution in [1.29, 1.82) is 0 Å². The third-order valence-corrected chi connectivity index (χ3v) is 5.41. The molecule has 0 aliphatic heterocycles. The van der Waals surface area contributed by atoms with Crippen molar-refractivity contribution in [2.75, 3.05) is 0 Å². The van der Waals surface area contributed by atoms with E-state index in [1.54, 1.807) is 0 Å². The number of carboxylic acid groups (broad SMARTS) is 2. The molecule has 0 heterocycles. The predicted octanol–water partition coefficient (Wildman–Crippen LogP) is 2.34. The molecular weight excluding hydrogens is 451 g/mol. The minimum Gasteiger partial charge on any atom is -0.479 e. The summed E-state index contributed by atoms with van der Waals surface area (Å²) in [6.07, 6.45) is 0. The monoisotopic (exact) mass is 460 g/mol. The van der Waals surface area contributed by atoms with Gasteiger partial charge in [-0.05, 0) is 12.1 Å². The van der Waals surface area contributed by atoms with Crippen LogP contribution < -0.4 is 0 Å². The molecule has 0 aliphatic rings. The van der Waals surface area contributed by atoms with E-state index in [0.29, 0.717) is 0 Å². The Hall–Kier alpha value is -2.49. The Kier molecular flexibility index (Phi) is 6.36. The summed E-state index contributed by atoms with van der Waals surface area (Å²) in [6, 6.07) is 8.08. The van der Waals surface area contributed by atoms with Crippen molar-refractivity contribution in [1.82, 2.24) is 0 Å². The maximum absolute atomic E-state index is 12.9. The normalized spacial score (nSPS) is 15.1. The van der Waals surface area contributed by atoms with Crippen LogP contribution in [0.3, 0.4) is 0 Å². The van der Waals surface area contributed by atoms with Gasteiger partial charge in [-0.3, -0.25) is 9.59 Å². The fourth-order valence-electron chi connectivity index (χ4n) is 2.53. The predicted molar refractivity (Wildman–Crippen MR) is 102 cm³/mol. The highest BCUT2D eigenvalue weighted by Crippen LogP contribution is 2.37. The minimum atomic E-state index is -4.16. The Morgan fingerprint density at radius 2 is 1.17 bits per heavy atom. The van der Waals surface area contributed by atoms with Gasteiger partial charge in [-0.15, -0.1) is 0 Å². The number of carbonyl (C=O) groups is 4. The van der Waals surface area contributed by atoms with Crippen LogP contribution in [0.25, 0.3) is 0 Å². The molecule has 0 saturated carbocycles. The van der Waals surface area contributed by atoms with Crippen molar-refractivity contribution < 1.29 is 39.6 Å². The highest BCUT2D eigenvalue weighted by Gasteiger charge is 2.70. The van der Waals surface area contributed by atoms with E-state index in [4.69, 9.17) is 34.8 Å². The zero-order valence-electron chi connectivity index (χ0n) is 14.1. The fraction of sp³-hybridized carbons (Fsp3) is 0.111. The van der Waals surface area contributed by atoms with Gasteiger partial charge in [-0.1, -0.05) is 65.1 Å². The van der Waals surface area contributed by atoms with Crippen LogP contribution in [0.4, 0.5) is 0 Å². The molecule has 4 N–H and O–H groups in total. The fourth-order valence-corrected chi connectivity index (χ4v) is 3.15. The number of ketones is 2. The second kappa shape index (κ2) is 8.10. The first-order valence-electron chi connectivity index (χ1n) is 7.60. The molecule has 0 radical (unpaired) electrons. The van der Waals surface area contributed by atoms with Crippen LogP contribution in [0, 0.1) is 0 Å². The number of benzene rings is 2. The molecule has 0 spiro atoms. The largest absolute Gasteiger partial charge is 0.479 e. The molecule has 29 heavy (non-hydrogen) atoms. The Labute approximate surface area is 177 Å². The van der Waals surface area contributed by atoms with Crippen LogP contribution in [-0.4, -0.2) is 55.1 Å². The van der Waals surface area contributed by atoms with Crippen LogP contribution in [0.1, 0.15) is 20.7 Å². The van der Waals surface area contributed by atoms with E-state index in [1.165, 1.54) is 18.2 Å². The third-order valence-electron chi connectivity index (χ3n) is 4.12. The van der Waals surface area contributed by atoms with Crippen molar-refractivity contribution in [3.63, 3.8) is 0 Å². The lowest BCUT2D eigenvalue weighted by molar-refractivity contribution is -0.187. The van der Waals surface area contributed by atoms with Gasteiger partial charge in [-0.25, -0.2) is 9.59 Å². The van der Waals surface area contributed by atoms with Gasteiger partial charge in [0.15, 0.2) is 0 Å². The minimum absolute atomic E-state index is 0.124. The molecule has 0 saturated heterocycles. The molecule has 11 heteroatoms. The van der Waals surface area contributed by atoms with Crippen LogP contribution in [0.2, 0.25) is 15.1 Å². The summed E-state index contributed by atoms with van der Waals surface area (Å²) in [4.78, 5) is 49.2.